The van der Waals surface area contributed by atoms with Crippen LogP contribution in [0.15, 0.2) is 25.5 Å². The summed E-state index contributed by atoms with van der Waals surface area (Å²) < 4.78 is 0.868. The van der Waals surface area contributed by atoms with Crippen molar-refractivity contribution in [3.05, 3.63) is 30.8 Å². The quantitative estimate of drug-likeness (QED) is 0.314. The molecule has 0 aromatic carbocycles. The fourth-order valence-corrected chi connectivity index (χ4v) is 2.29. The van der Waals surface area contributed by atoms with Gasteiger partial charge in [0.25, 0.3) is 5.91 Å². The summed E-state index contributed by atoms with van der Waals surface area (Å²) in [5.74, 6) is -0.533. The minimum atomic E-state index is -0.533. The maximum absolute atomic E-state index is 11.4. The summed E-state index contributed by atoms with van der Waals surface area (Å²) in [5.41, 5.74) is 9.06. The molecule has 0 bridgehead atoms. The number of carbonyl (C=O) groups is 1. The number of hydrogen-bond donors (Lipinski definition) is 0. The van der Waals surface area contributed by atoms with Gasteiger partial charge >= 0.3 is 0 Å². The lowest BCUT2D eigenvalue weighted by Crippen LogP contribution is -1.95. The largest absolute Gasteiger partial charge is 0.286 e. The number of hydrogen-bond acceptors (Lipinski definition) is 2. The molecule has 0 rings (SSSR count). The third-order valence-electron chi connectivity index (χ3n) is 1.58. The van der Waals surface area contributed by atoms with Crippen molar-refractivity contribution in [2.75, 3.05) is 0 Å². The maximum Gasteiger partial charge on any atom is 0.255 e. The monoisotopic (exact) mass is 303 g/mol. The van der Waals surface area contributed by atoms with Crippen LogP contribution in [-0.2, 0) is 4.79 Å². The molecule has 88 valence electrons. The number of allylic oxidation sites excluding steroid dienone is 2. The van der Waals surface area contributed by atoms with Gasteiger partial charge in [0.1, 0.15) is 0 Å². The van der Waals surface area contributed by atoms with Gasteiger partial charge < -0.3 is 0 Å². The van der Waals surface area contributed by atoms with Crippen LogP contribution in [0.5, 0.6) is 0 Å². The van der Waals surface area contributed by atoms with E-state index in [-0.39, 0.29) is 0 Å². The van der Waals surface area contributed by atoms with E-state index in [1.165, 1.54) is 11.8 Å². The van der Waals surface area contributed by atoms with E-state index in [0.29, 0.717) is 4.91 Å². The molecule has 0 radical (unpaired) electrons. The molecule has 0 aromatic rings. The Morgan fingerprint density at radius 1 is 1.56 bits per heavy atom. The highest BCUT2D eigenvalue weighted by Gasteiger charge is 2.11. The topological polar surface area (TPSA) is 65.8 Å². The smallest absolute Gasteiger partial charge is 0.255 e. The molecular formula is C10H14BrN3OS. The zero-order chi connectivity index (χ0) is 12.6. The lowest BCUT2D eigenvalue weighted by atomic mass is 10.3. The first-order valence-corrected chi connectivity index (χ1v) is 6.44. The molecule has 0 aliphatic heterocycles. The molecule has 1 amide bonds. The van der Waals surface area contributed by atoms with E-state index in [2.05, 4.69) is 32.9 Å². The van der Waals surface area contributed by atoms with Crippen LogP contribution < -0.4 is 0 Å². The van der Waals surface area contributed by atoms with Gasteiger partial charge in [0, 0.05) is 4.91 Å². The van der Waals surface area contributed by atoms with Gasteiger partial charge in [-0.25, -0.2) is 0 Å². The normalized spacial score (nSPS) is 10.6. The Bertz CT molecular complexity index is 366. The van der Waals surface area contributed by atoms with Crippen molar-refractivity contribution in [1.29, 1.82) is 0 Å². The second kappa shape index (κ2) is 8.44. The molecule has 0 N–H and O–H groups in total. The Kier molecular flexibility index (Phi) is 8.07. The minimum Gasteiger partial charge on any atom is -0.286 e. The number of carbonyl (C=O) groups excluding carboxylic acids is 1. The van der Waals surface area contributed by atoms with E-state index in [1.54, 1.807) is 0 Å². The average molecular weight is 304 g/mol. The number of unbranched alkanes of at least 4 members (excludes halogenated alkanes) is 1. The Hall–Kier alpha value is -0.710. The number of amides is 1. The predicted octanol–water partition coefficient (Wildman–Crippen LogP) is 4.89. The predicted molar refractivity (Wildman–Crippen MR) is 72.0 cm³/mol. The van der Waals surface area contributed by atoms with Gasteiger partial charge in [-0.3, -0.25) is 4.79 Å². The highest BCUT2D eigenvalue weighted by Crippen LogP contribution is 2.33. The van der Waals surface area contributed by atoms with Crippen LogP contribution in [0.4, 0.5) is 0 Å². The first-order valence-electron chi connectivity index (χ1n) is 4.83. The first-order chi connectivity index (χ1) is 7.52. The average Bonchev–Trinajstić information content (AvgIpc) is 2.22. The van der Waals surface area contributed by atoms with E-state index in [4.69, 9.17) is 5.53 Å². The molecule has 0 saturated heterocycles. The van der Waals surface area contributed by atoms with Gasteiger partial charge in [0.2, 0.25) is 0 Å². The van der Waals surface area contributed by atoms with Gasteiger partial charge in [-0.1, -0.05) is 36.8 Å². The molecule has 0 aliphatic carbocycles. The molecule has 0 heterocycles. The van der Waals surface area contributed by atoms with Crippen molar-refractivity contribution in [3.63, 3.8) is 0 Å². The fraction of sp³-hybridized carbons (Fsp3) is 0.500. The molecule has 0 aliphatic rings. The summed E-state index contributed by atoms with van der Waals surface area (Å²) in [5, 5.41) is 3.09. The number of nitrogens with zero attached hydrogens (tertiary/aromatic N) is 3. The second-order valence-corrected chi connectivity index (χ2v) is 5.65. The van der Waals surface area contributed by atoms with Crippen LogP contribution in [0.3, 0.4) is 0 Å². The Morgan fingerprint density at radius 2 is 2.19 bits per heavy atom. The molecular weight excluding hydrogens is 290 g/mol. The number of halogens is 1. The molecule has 6 heteroatoms. The van der Waals surface area contributed by atoms with Crippen LogP contribution in [0, 0.1) is 0 Å². The Morgan fingerprint density at radius 3 is 2.62 bits per heavy atom. The lowest BCUT2D eigenvalue weighted by Gasteiger charge is -2.04. The Labute approximate surface area is 108 Å². The van der Waals surface area contributed by atoms with Crippen molar-refractivity contribution in [2.45, 2.75) is 33.6 Å². The van der Waals surface area contributed by atoms with Crippen LogP contribution in [0.1, 0.15) is 33.6 Å². The van der Waals surface area contributed by atoms with Gasteiger partial charge in [-0.2, -0.15) is 0 Å². The highest BCUT2D eigenvalue weighted by molar-refractivity contribution is 9.14. The van der Waals surface area contributed by atoms with Gasteiger partial charge in [0.15, 0.2) is 0 Å². The van der Waals surface area contributed by atoms with Crippen molar-refractivity contribution >= 4 is 33.6 Å². The Balaban J connectivity index is 4.80. The summed E-state index contributed by atoms with van der Waals surface area (Å²) in [6, 6.07) is 0. The van der Waals surface area contributed by atoms with Crippen molar-refractivity contribution in [2.24, 2.45) is 5.11 Å². The SMILES string of the molecule is CCC/C=C(\Br)SC(C(=O)N=[N+]=[N-])=C(C)C. The summed E-state index contributed by atoms with van der Waals surface area (Å²) in [4.78, 5) is 14.4. The summed E-state index contributed by atoms with van der Waals surface area (Å²) in [6.07, 6.45) is 3.99. The fourth-order valence-electron chi connectivity index (χ4n) is 0.843. The molecule has 16 heavy (non-hydrogen) atoms. The summed E-state index contributed by atoms with van der Waals surface area (Å²) in [7, 11) is 0. The zero-order valence-corrected chi connectivity index (χ0v) is 11.9. The standard InChI is InChI=1S/C10H14BrN3OS/c1-4-5-6-8(11)16-9(7(2)3)10(15)13-14-12/h6H,4-5H2,1-3H3/b8-6+. The van der Waals surface area contributed by atoms with E-state index in [9.17, 15) is 4.79 Å². The van der Waals surface area contributed by atoms with Crippen LogP contribution >= 0.6 is 27.7 Å². The summed E-state index contributed by atoms with van der Waals surface area (Å²) in [6.45, 7) is 5.70. The van der Waals surface area contributed by atoms with E-state index in [1.807, 2.05) is 19.9 Å². The molecule has 0 fully saturated rings. The van der Waals surface area contributed by atoms with E-state index < -0.39 is 5.91 Å². The molecule has 0 unspecified atom stereocenters. The van der Waals surface area contributed by atoms with Crippen molar-refractivity contribution in [1.82, 2.24) is 0 Å². The third-order valence-corrected chi connectivity index (χ3v) is 3.53. The van der Waals surface area contributed by atoms with Crippen LogP contribution in [0.25, 0.3) is 10.4 Å². The van der Waals surface area contributed by atoms with Gasteiger partial charge in [-0.05, 0) is 46.8 Å². The molecule has 0 aromatic heterocycles. The number of thioether (sulfide) groups is 1. The first kappa shape index (κ1) is 15.3. The van der Waals surface area contributed by atoms with Crippen molar-refractivity contribution < 1.29 is 4.79 Å². The van der Waals surface area contributed by atoms with E-state index >= 15 is 0 Å². The van der Waals surface area contributed by atoms with E-state index in [0.717, 1.165) is 22.2 Å². The lowest BCUT2D eigenvalue weighted by molar-refractivity contribution is -0.113. The maximum atomic E-state index is 11.4. The van der Waals surface area contributed by atoms with Crippen molar-refractivity contribution in [3.8, 4) is 0 Å². The third kappa shape index (κ3) is 6.00. The molecule has 0 spiro atoms. The van der Waals surface area contributed by atoms with Gasteiger partial charge in [-0.15, -0.1) is 0 Å². The highest BCUT2D eigenvalue weighted by atomic mass is 79.9. The van der Waals surface area contributed by atoms with Gasteiger partial charge in [0.05, 0.1) is 8.72 Å². The molecule has 0 saturated carbocycles. The van der Waals surface area contributed by atoms with Crippen LogP contribution in [-0.4, -0.2) is 5.91 Å². The minimum absolute atomic E-state index is 0.469. The molecule has 0 atom stereocenters. The summed E-state index contributed by atoms with van der Waals surface area (Å²) >= 11 is 4.65. The second-order valence-electron chi connectivity index (χ2n) is 3.22. The van der Waals surface area contributed by atoms with Crippen LogP contribution in [0.2, 0.25) is 0 Å². The number of azide groups is 1. The number of rotatable bonds is 5. The zero-order valence-electron chi connectivity index (χ0n) is 9.53. The molecule has 4 nitrogen and oxygen atoms in total.